The molecule has 1 saturated heterocycles. The monoisotopic (exact) mass is 363 g/mol. The second kappa shape index (κ2) is 10.7. The van der Waals surface area contributed by atoms with E-state index in [2.05, 4.69) is 5.32 Å². The summed E-state index contributed by atoms with van der Waals surface area (Å²) in [5.41, 5.74) is 0. The van der Waals surface area contributed by atoms with Gasteiger partial charge in [0.1, 0.15) is 24.4 Å². The lowest BCUT2D eigenvalue weighted by molar-refractivity contribution is -0.270. The molecule has 0 spiro atoms. The largest absolute Gasteiger partial charge is 0.463 e. The van der Waals surface area contributed by atoms with Crippen LogP contribution in [0.2, 0.25) is 0 Å². The zero-order chi connectivity index (χ0) is 19.0. The van der Waals surface area contributed by atoms with Crippen LogP contribution in [-0.4, -0.2) is 77.2 Å². The van der Waals surface area contributed by atoms with Crippen molar-refractivity contribution in [2.24, 2.45) is 0 Å². The first-order chi connectivity index (χ1) is 11.8. The SMILES string of the molecule is CC(=O)NC1C(OCCCCC(=O)OC(C)C)OC(CO)C(O)C1O. The summed E-state index contributed by atoms with van der Waals surface area (Å²) < 4.78 is 16.0. The molecule has 5 unspecified atom stereocenters. The van der Waals surface area contributed by atoms with Gasteiger partial charge in [-0.1, -0.05) is 0 Å². The van der Waals surface area contributed by atoms with E-state index in [1.807, 2.05) is 0 Å². The van der Waals surface area contributed by atoms with Crippen LogP contribution in [0.25, 0.3) is 0 Å². The molecule has 1 fully saturated rings. The molecular weight excluding hydrogens is 334 g/mol. The third-order valence-corrected chi connectivity index (χ3v) is 3.68. The van der Waals surface area contributed by atoms with Gasteiger partial charge in [0.25, 0.3) is 0 Å². The zero-order valence-electron chi connectivity index (χ0n) is 14.9. The second-order valence-corrected chi connectivity index (χ2v) is 6.30. The summed E-state index contributed by atoms with van der Waals surface area (Å²) in [4.78, 5) is 22.7. The number of aliphatic hydroxyl groups excluding tert-OH is 3. The van der Waals surface area contributed by atoms with Crippen LogP contribution in [0.4, 0.5) is 0 Å². The van der Waals surface area contributed by atoms with E-state index in [-0.39, 0.29) is 25.1 Å². The normalized spacial score (nSPS) is 29.5. The molecule has 146 valence electrons. The van der Waals surface area contributed by atoms with Crippen molar-refractivity contribution >= 4 is 11.9 Å². The fraction of sp³-hybridized carbons (Fsp3) is 0.875. The first kappa shape index (κ1) is 21.8. The number of hydrogen-bond acceptors (Lipinski definition) is 8. The van der Waals surface area contributed by atoms with Gasteiger partial charge in [0.15, 0.2) is 6.29 Å². The summed E-state index contributed by atoms with van der Waals surface area (Å²) in [6.45, 7) is 4.55. The molecule has 0 radical (unpaired) electrons. The second-order valence-electron chi connectivity index (χ2n) is 6.30. The fourth-order valence-corrected chi connectivity index (χ4v) is 2.51. The first-order valence-corrected chi connectivity index (χ1v) is 8.46. The Balaban J connectivity index is 2.46. The minimum absolute atomic E-state index is 0.152. The standard InChI is InChI=1S/C16H29NO8/c1-9(2)24-12(20)6-4-5-7-23-16-13(17-10(3)19)15(22)14(21)11(8-18)25-16/h9,11,13-16,18,21-22H,4-8H2,1-3H3,(H,17,19). The Morgan fingerprint density at radius 2 is 1.88 bits per heavy atom. The van der Waals surface area contributed by atoms with Gasteiger partial charge in [-0.05, 0) is 26.7 Å². The topological polar surface area (TPSA) is 135 Å². The van der Waals surface area contributed by atoms with Crippen molar-refractivity contribution in [2.75, 3.05) is 13.2 Å². The summed E-state index contributed by atoms with van der Waals surface area (Å²) in [6.07, 6.45) is -3.48. The number of carbonyl (C=O) groups is 2. The summed E-state index contributed by atoms with van der Waals surface area (Å²) in [6, 6.07) is -0.957. The van der Waals surface area contributed by atoms with Gasteiger partial charge in [-0.3, -0.25) is 9.59 Å². The summed E-state index contributed by atoms with van der Waals surface area (Å²) in [7, 11) is 0. The van der Waals surface area contributed by atoms with Crippen LogP contribution in [-0.2, 0) is 23.8 Å². The van der Waals surface area contributed by atoms with E-state index in [9.17, 15) is 24.9 Å². The number of aliphatic hydroxyl groups is 3. The molecular formula is C16H29NO8. The van der Waals surface area contributed by atoms with Gasteiger partial charge >= 0.3 is 5.97 Å². The number of nitrogens with one attached hydrogen (secondary N) is 1. The molecule has 5 atom stereocenters. The van der Waals surface area contributed by atoms with Crippen LogP contribution >= 0.6 is 0 Å². The molecule has 4 N–H and O–H groups in total. The third kappa shape index (κ3) is 7.25. The van der Waals surface area contributed by atoms with E-state index in [1.54, 1.807) is 13.8 Å². The van der Waals surface area contributed by atoms with Crippen LogP contribution in [0.1, 0.15) is 40.0 Å². The van der Waals surface area contributed by atoms with Crippen molar-refractivity contribution in [3.8, 4) is 0 Å². The summed E-state index contributed by atoms with van der Waals surface area (Å²) in [5, 5.41) is 31.7. The molecule has 1 heterocycles. The molecule has 9 nitrogen and oxygen atoms in total. The molecule has 0 aliphatic carbocycles. The fourth-order valence-electron chi connectivity index (χ4n) is 2.51. The van der Waals surface area contributed by atoms with Crippen molar-refractivity contribution in [2.45, 2.75) is 76.8 Å². The van der Waals surface area contributed by atoms with Gasteiger partial charge < -0.3 is 34.8 Å². The highest BCUT2D eigenvalue weighted by atomic mass is 16.7. The molecule has 1 amide bonds. The van der Waals surface area contributed by atoms with Crippen LogP contribution < -0.4 is 5.32 Å². The van der Waals surface area contributed by atoms with E-state index in [4.69, 9.17) is 14.2 Å². The van der Waals surface area contributed by atoms with Gasteiger partial charge in [-0.25, -0.2) is 0 Å². The highest BCUT2D eigenvalue weighted by molar-refractivity contribution is 5.73. The molecule has 9 heteroatoms. The minimum Gasteiger partial charge on any atom is -0.463 e. The molecule has 0 aromatic heterocycles. The smallest absolute Gasteiger partial charge is 0.306 e. The zero-order valence-corrected chi connectivity index (χ0v) is 14.9. The number of hydrogen-bond donors (Lipinski definition) is 4. The van der Waals surface area contributed by atoms with Crippen LogP contribution in [0.15, 0.2) is 0 Å². The van der Waals surface area contributed by atoms with Gasteiger partial charge in [-0.15, -0.1) is 0 Å². The Morgan fingerprint density at radius 3 is 2.44 bits per heavy atom. The maximum absolute atomic E-state index is 11.4. The van der Waals surface area contributed by atoms with Crippen molar-refractivity contribution in [1.82, 2.24) is 5.32 Å². The Hall–Kier alpha value is -1.26. The number of rotatable bonds is 9. The molecule has 1 aliphatic heterocycles. The van der Waals surface area contributed by atoms with Crippen molar-refractivity contribution in [3.63, 3.8) is 0 Å². The quantitative estimate of drug-likeness (QED) is 0.305. The predicted molar refractivity (Wildman–Crippen MR) is 86.4 cm³/mol. The number of carbonyl (C=O) groups excluding carboxylic acids is 2. The number of ether oxygens (including phenoxy) is 3. The van der Waals surface area contributed by atoms with Gasteiger partial charge in [0.2, 0.25) is 5.91 Å². The van der Waals surface area contributed by atoms with Gasteiger partial charge in [0, 0.05) is 20.0 Å². The van der Waals surface area contributed by atoms with Crippen LogP contribution in [0.5, 0.6) is 0 Å². The molecule has 1 aliphatic rings. The lowest BCUT2D eigenvalue weighted by Gasteiger charge is -2.42. The Kier molecular flexibility index (Phi) is 9.30. The van der Waals surface area contributed by atoms with Crippen molar-refractivity contribution < 1.29 is 39.1 Å². The average molecular weight is 363 g/mol. The Bertz CT molecular complexity index is 430. The minimum atomic E-state index is -1.34. The Morgan fingerprint density at radius 1 is 1.20 bits per heavy atom. The van der Waals surface area contributed by atoms with Crippen LogP contribution in [0, 0.1) is 0 Å². The van der Waals surface area contributed by atoms with E-state index >= 15 is 0 Å². The summed E-state index contributed by atoms with van der Waals surface area (Å²) in [5.74, 6) is -0.689. The average Bonchev–Trinajstić information content (AvgIpc) is 2.52. The van der Waals surface area contributed by atoms with E-state index in [1.165, 1.54) is 6.92 Å². The molecule has 0 aromatic rings. The lowest BCUT2D eigenvalue weighted by Crippen LogP contribution is -2.64. The van der Waals surface area contributed by atoms with Crippen molar-refractivity contribution in [3.05, 3.63) is 0 Å². The van der Waals surface area contributed by atoms with E-state index in [0.717, 1.165) is 0 Å². The highest BCUT2D eigenvalue weighted by Gasteiger charge is 2.45. The number of amides is 1. The third-order valence-electron chi connectivity index (χ3n) is 3.68. The van der Waals surface area contributed by atoms with Crippen LogP contribution in [0.3, 0.4) is 0 Å². The molecule has 0 saturated carbocycles. The molecule has 1 rings (SSSR count). The summed E-state index contributed by atoms with van der Waals surface area (Å²) >= 11 is 0. The first-order valence-electron chi connectivity index (χ1n) is 8.46. The molecule has 25 heavy (non-hydrogen) atoms. The number of esters is 1. The lowest BCUT2D eigenvalue weighted by atomic mass is 9.97. The Labute approximate surface area is 147 Å². The highest BCUT2D eigenvalue weighted by Crippen LogP contribution is 2.22. The van der Waals surface area contributed by atoms with E-state index < -0.39 is 43.2 Å². The van der Waals surface area contributed by atoms with E-state index in [0.29, 0.717) is 12.8 Å². The van der Waals surface area contributed by atoms with Crippen molar-refractivity contribution in [1.29, 1.82) is 0 Å². The van der Waals surface area contributed by atoms with Gasteiger partial charge in [0.05, 0.1) is 12.7 Å². The maximum atomic E-state index is 11.4. The van der Waals surface area contributed by atoms with Gasteiger partial charge in [-0.2, -0.15) is 0 Å². The maximum Gasteiger partial charge on any atom is 0.306 e. The number of unbranched alkanes of at least 4 members (excludes halogenated alkanes) is 1. The molecule has 0 aromatic carbocycles. The predicted octanol–water partition coefficient (Wildman–Crippen LogP) is -0.931. The molecule has 0 bridgehead atoms.